The second-order valence-electron chi connectivity index (χ2n) is 10.00. The molecule has 0 radical (unpaired) electrons. The molecule has 3 amide bonds. The molecule has 37 heavy (non-hydrogen) atoms. The second kappa shape index (κ2) is 10.5. The monoisotopic (exact) mass is 497 g/mol. The lowest BCUT2D eigenvalue weighted by Gasteiger charge is -2.24. The zero-order valence-corrected chi connectivity index (χ0v) is 21.1. The van der Waals surface area contributed by atoms with E-state index in [-0.39, 0.29) is 18.4 Å². The van der Waals surface area contributed by atoms with E-state index >= 15 is 0 Å². The maximum atomic E-state index is 13.3. The van der Waals surface area contributed by atoms with Crippen LogP contribution in [-0.2, 0) is 16.1 Å². The van der Waals surface area contributed by atoms with E-state index in [0.717, 1.165) is 29.5 Å². The molecule has 1 aliphatic heterocycles. The Kier molecular flexibility index (Phi) is 6.95. The van der Waals surface area contributed by atoms with Crippen LogP contribution in [0.15, 0.2) is 72.8 Å². The molecule has 0 unspecified atom stereocenters. The number of hydrogen-bond donors (Lipinski definition) is 2. The maximum Gasteiger partial charge on any atom is 0.411 e. The van der Waals surface area contributed by atoms with E-state index in [4.69, 9.17) is 4.74 Å². The van der Waals surface area contributed by atoms with Crippen molar-refractivity contribution in [1.82, 2.24) is 10.2 Å². The Bertz CT molecular complexity index is 1300. The number of aryl methyl sites for hydroxylation is 2. The minimum absolute atomic E-state index is 0.203. The number of carbonyl (C=O) groups is 3. The zero-order valence-electron chi connectivity index (χ0n) is 21.1. The van der Waals surface area contributed by atoms with Gasteiger partial charge in [0.25, 0.3) is 5.91 Å². The summed E-state index contributed by atoms with van der Waals surface area (Å²) in [6.45, 7) is 4.83. The van der Waals surface area contributed by atoms with Gasteiger partial charge in [-0.1, -0.05) is 59.7 Å². The van der Waals surface area contributed by atoms with Crippen LogP contribution in [0.5, 0.6) is 0 Å². The first-order valence-corrected chi connectivity index (χ1v) is 12.7. The van der Waals surface area contributed by atoms with Crippen LogP contribution in [0.1, 0.15) is 51.6 Å². The molecule has 1 saturated heterocycles. The van der Waals surface area contributed by atoms with Gasteiger partial charge in [-0.15, -0.1) is 0 Å². The predicted molar refractivity (Wildman–Crippen MR) is 141 cm³/mol. The Morgan fingerprint density at radius 2 is 1.68 bits per heavy atom. The third-order valence-electron chi connectivity index (χ3n) is 6.87. The van der Waals surface area contributed by atoms with Gasteiger partial charge in [-0.25, -0.2) is 4.79 Å². The summed E-state index contributed by atoms with van der Waals surface area (Å²) in [5, 5.41) is 5.92. The minimum atomic E-state index is -0.791. The molecule has 2 atom stereocenters. The largest absolute Gasteiger partial charge is 0.438 e. The normalized spacial score (nSPS) is 18.9. The summed E-state index contributed by atoms with van der Waals surface area (Å²) in [7, 11) is 0. The summed E-state index contributed by atoms with van der Waals surface area (Å²) in [6, 6.07) is 21.6. The van der Waals surface area contributed by atoms with Crippen molar-refractivity contribution in [2.24, 2.45) is 5.92 Å². The molecule has 1 aliphatic carbocycles. The van der Waals surface area contributed by atoms with Gasteiger partial charge in [-0.3, -0.25) is 14.5 Å². The van der Waals surface area contributed by atoms with Gasteiger partial charge < -0.3 is 15.4 Å². The van der Waals surface area contributed by atoms with Crippen molar-refractivity contribution in [1.29, 1.82) is 0 Å². The quantitative estimate of drug-likeness (QED) is 0.451. The summed E-state index contributed by atoms with van der Waals surface area (Å²) in [5.41, 5.74) is 4.95. The Morgan fingerprint density at radius 1 is 0.946 bits per heavy atom. The third kappa shape index (κ3) is 5.82. The van der Waals surface area contributed by atoms with E-state index in [9.17, 15) is 14.4 Å². The Morgan fingerprint density at radius 3 is 2.35 bits per heavy atom. The standard InChI is InChI=1S/C30H31N3O4/c1-19-6-8-22(9-7-19)18-33-26(29(35)31-17-21-10-11-21)27(37-30(33)36)23-12-14-25(15-13-23)32-28(34)24-5-3-4-20(2)16-24/h3-9,12-16,21,26-27H,10-11,17-18H2,1-2H3,(H,31,35)(H,32,34)/t26-,27+/m1/s1. The van der Waals surface area contributed by atoms with E-state index in [1.54, 1.807) is 30.3 Å². The first-order valence-electron chi connectivity index (χ1n) is 12.7. The smallest absolute Gasteiger partial charge is 0.411 e. The van der Waals surface area contributed by atoms with E-state index in [2.05, 4.69) is 10.6 Å². The molecule has 3 aromatic rings. The molecule has 7 heteroatoms. The van der Waals surface area contributed by atoms with Crippen molar-refractivity contribution in [3.8, 4) is 0 Å². The van der Waals surface area contributed by atoms with Gasteiger partial charge in [0.15, 0.2) is 12.1 Å². The number of ether oxygens (including phenoxy) is 1. The fourth-order valence-electron chi connectivity index (χ4n) is 4.52. The average Bonchev–Trinajstić information content (AvgIpc) is 3.67. The van der Waals surface area contributed by atoms with Gasteiger partial charge in [0.05, 0.1) is 6.54 Å². The van der Waals surface area contributed by atoms with E-state index in [1.807, 2.05) is 56.3 Å². The van der Waals surface area contributed by atoms with Crippen LogP contribution in [0, 0.1) is 19.8 Å². The van der Waals surface area contributed by atoms with Crippen LogP contribution < -0.4 is 10.6 Å². The number of benzene rings is 3. The van der Waals surface area contributed by atoms with Gasteiger partial charge in [0.1, 0.15) is 0 Å². The Balaban J connectivity index is 1.34. The molecule has 190 valence electrons. The average molecular weight is 498 g/mol. The molecule has 1 saturated carbocycles. The fraction of sp³-hybridized carbons (Fsp3) is 0.300. The first kappa shape index (κ1) is 24.6. The van der Waals surface area contributed by atoms with Crippen molar-refractivity contribution in [2.75, 3.05) is 11.9 Å². The predicted octanol–water partition coefficient (Wildman–Crippen LogP) is 5.14. The van der Waals surface area contributed by atoms with Crippen molar-refractivity contribution < 1.29 is 19.1 Å². The van der Waals surface area contributed by atoms with Crippen LogP contribution in [0.3, 0.4) is 0 Å². The van der Waals surface area contributed by atoms with Gasteiger partial charge in [-0.05, 0) is 68.0 Å². The Labute approximate surface area is 216 Å². The molecule has 5 rings (SSSR count). The van der Waals surface area contributed by atoms with Gasteiger partial charge in [-0.2, -0.15) is 0 Å². The molecule has 2 fully saturated rings. The first-order chi connectivity index (χ1) is 17.9. The van der Waals surface area contributed by atoms with E-state index < -0.39 is 18.2 Å². The lowest BCUT2D eigenvalue weighted by atomic mass is 10.00. The van der Waals surface area contributed by atoms with E-state index in [0.29, 0.717) is 29.3 Å². The molecule has 0 bridgehead atoms. The number of rotatable bonds is 8. The number of anilines is 1. The number of carbonyl (C=O) groups excluding carboxylic acids is 3. The molecule has 7 nitrogen and oxygen atoms in total. The van der Waals surface area contributed by atoms with Crippen molar-refractivity contribution >= 4 is 23.6 Å². The highest BCUT2D eigenvalue weighted by Crippen LogP contribution is 2.35. The number of amides is 3. The van der Waals surface area contributed by atoms with Gasteiger partial charge in [0, 0.05) is 17.8 Å². The third-order valence-corrected chi connectivity index (χ3v) is 6.87. The zero-order chi connectivity index (χ0) is 25.9. The molecule has 0 spiro atoms. The molecule has 0 aromatic heterocycles. The second-order valence-corrected chi connectivity index (χ2v) is 10.00. The minimum Gasteiger partial charge on any atom is -0.438 e. The van der Waals surface area contributed by atoms with Crippen LogP contribution >= 0.6 is 0 Å². The molecule has 2 aliphatic rings. The molecule has 2 N–H and O–H groups in total. The summed E-state index contributed by atoms with van der Waals surface area (Å²) in [5.74, 6) is 0.0966. The lowest BCUT2D eigenvalue weighted by Crippen LogP contribution is -2.46. The number of cyclic esters (lactones) is 1. The van der Waals surface area contributed by atoms with Crippen LogP contribution in [0.2, 0.25) is 0 Å². The number of hydrogen-bond acceptors (Lipinski definition) is 4. The topological polar surface area (TPSA) is 87.7 Å². The Hall–Kier alpha value is -4.13. The van der Waals surface area contributed by atoms with Crippen LogP contribution in [0.25, 0.3) is 0 Å². The highest BCUT2D eigenvalue weighted by molar-refractivity contribution is 6.04. The molecular formula is C30H31N3O4. The summed E-state index contributed by atoms with van der Waals surface area (Å²) in [4.78, 5) is 40.4. The van der Waals surface area contributed by atoms with Crippen molar-refractivity contribution in [3.63, 3.8) is 0 Å². The highest BCUT2D eigenvalue weighted by atomic mass is 16.6. The number of nitrogens with zero attached hydrogens (tertiary/aromatic N) is 1. The van der Waals surface area contributed by atoms with Crippen molar-refractivity contribution in [3.05, 3.63) is 101 Å². The maximum absolute atomic E-state index is 13.3. The van der Waals surface area contributed by atoms with Crippen LogP contribution in [-0.4, -0.2) is 35.4 Å². The molecule has 3 aromatic carbocycles. The summed E-state index contributed by atoms with van der Waals surface area (Å²) in [6.07, 6.45) is 0.965. The van der Waals surface area contributed by atoms with Gasteiger partial charge >= 0.3 is 6.09 Å². The fourth-order valence-corrected chi connectivity index (χ4v) is 4.52. The number of nitrogens with one attached hydrogen (secondary N) is 2. The van der Waals surface area contributed by atoms with E-state index in [1.165, 1.54) is 4.90 Å². The molecule has 1 heterocycles. The summed E-state index contributed by atoms with van der Waals surface area (Å²) >= 11 is 0. The van der Waals surface area contributed by atoms with Crippen molar-refractivity contribution in [2.45, 2.75) is 45.4 Å². The summed E-state index contributed by atoms with van der Waals surface area (Å²) < 4.78 is 5.75. The van der Waals surface area contributed by atoms with Crippen LogP contribution in [0.4, 0.5) is 10.5 Å². The highest BCUT2D eigenvalue weighted by Gasteiger charge is 2.47. The van der Waals surface area contributed by atoms with Gasteiger partial charge in [0.2, 0.25) is 5.91 Å². The lowest BCUT2D eigenvalue weighted by molar-refractivity contribution is -0.126. The SMILES string of the molecule is Cc1ccc(CN2C(=O)O[C@@H](c3ccc(NC(=O)c4cccc(C)c4)cc3)[C@@H]2C(=O)NCC2CC2)cc1. The molecular weight excluding hydrogens is 466 g/mol.